The van der Waals surface area contributed by atoms with Crippen molar-refractivity contribution in [2.24, 2.45) is 0 Å². The molecule has 1 aromatic rings. The highest BCUT2D eigenvalue weighted by Gasteiger charge is 2.47. The zero-order valence-electron chi connectivity index (χ0n) is 14.5. The summed E-state index contributed by atoms with van der Waals surface area (Å²) in [5.74, 6) is -1.96. The van der Waals surface area contributed by atoms with Gasteiger partial charge in [-0.15, -0.1) is 0 Å². The number of carbonyl (C=O) groups is 1. The van der Waals surface area contributed by atoms with Crippen LogP contribution >= 0.6 is 0 Å². The molecular formula is C15H19F3N2O5S. The predicted octanol–water partition coefficient (Wildman–Crippen LogP) is 1.65. The highest BCUT2D eigenvalue weighted by Crippen LogP contribution is 2.44. The Hall–Kier alpha value is -1.85. The maximum atomic E-state index is 12.4. The second-order valence-corrected chi connectivity index (χ2v) is 8.62. The third-order valence-electron chi connectivity index (χ3n) is 4.14. The number of carbonyl (C=O) groups excluding carboxylic acids is 1. The van der Waals surface area contributed by atoms with Gasteiger partial charge in [0.15, 0.2) is 0 Å². The number of amides is 1. The van der Waals surface area contributed by atoms with Gasteiger partial charge < -0.3 is 15.2 Å². The van der Waals surface area contributed by atoms with E-state index in [0.29, 0.717) is 0 Å². The third kappa shape index (κ3) is 3.94. The van der Waals surface area contributed by atoms with Crippen LogP contribution in [0, 0.1) is 0 Å². The summed E-state index contributed by atoms with van der Waals surface area (Å²) in [7, 11) is -2.49. The van der Waals surface area contributed by atoms with Crippen molar-refractivity contribution >= 4 is 21.6 Å². The van der Waals surface area contributed by atoms with Crippen molar-refractivity contribution in [3.8, 4) is 5.75 Å². The van der Waals surface area contributed by atoms with Crippen molar-refractivity contribution < 1.29 is 36.2 Å². The zero-order valence-corrected chi connectivity index (χ0v) is 15.3. The Bertz CT molecular complexity index is 823. The Balaban J connectivity index is 2.52. The molecule has 1 aliphatic rings. The van der Waals surface area contributed by atoms with E-state index in [0.717, 1.165) is 16.6 Å². The van der Waals surface area contributed by atoms with Crippen molar-refractivity contribution in [3.05, 3.63) is 23.8 Å². The summed E-state index contributed by atoms with van der Waals surface area (Å²) in [5, 5.41) is 12.3. The number of halogens is 3. The van der Waals surface area contributed by atoms with Gasteiger partial charge >= 0.3 is 12.1 Å². The van der Waals surface area contributed by atoms with Crippen LogP contribution in [0.5, 0.6) is 5.75 Å². The molecular weight excluding hydrogens is 377 g/mol. The van der Waals surface area contributed by atoms with Gasteiger partial charge in [-0.3, -0.25) is 4.79 Å². The fourth-order valence-corrected chi connectivity index (χ4v) is 3.29. The Morgan fingerprint density at radius 1 is 1.35 bits per heavy atom. The first-order valence-electron chi connectivity index (χ1n) is 7.47. The van der Waals surface area contributed by atoms with Crippen molar-refractivity contribution in [1.29, 1.82) is 0 Å². The van der Waals surface area contributed by atoms with Gasteiger partial charge in [-0.2, -0.15) is 17.5 Å². The molecule has 0 saturated heterocycles. The Morgan fingerprint density at radius 3 is 2.42 bits per heavy atom. The second kappa shape index (κ2) is 6.39. The maximum Gasteiger partial charge on any atom is 0.471 e. The molecule has 11 heteroatoms. The number of likely N-dealkylation sites (N-methyl/N-ethyl adjacent to an activating group) is 1. The number of benzene rings is 1. The highest BCUT2D eigenvalue weighted by atomic mass is 32.2. The number of hydrogen-bond donors (Lipinski definition) is 2. The molecule has 0 saturated carbocycles. The van der Waals surface area contributed by atoms with E-state index in [4.69, 9.17) is 4.74 Å². The lowest BCUT2D eigenvalue weighted by Crippen LogP contribution is -2.53. The molecule has 2 atom stereocenters. The van der Waals surface area contributed by atoms with Gasteiger partial charge in [-0.05, 0) is 32.0 Å². The number of anilines is 1. The Labute approximate surface area is 148 Å². The molecule has 0 bridgehead atoms. The lowest BCUT2D eigenvalue weighted by molar-refractivity contribution is -0.167. The lowest BCUT2D eigenvalue weighted by Gasteiger charge is -2.44. The first-order valence-corrected chi connectivity index (χ1v) is 9.31. The van der Waals surface area contributed by atoms with Crippen LogP contribution in [0.1, 0.15) is 25.5 Å². The Morgan fingerprint density at radius 2 is 1.92 bits per heavy atom. The highest BCUT2D eigenvalue weighted by molar-refractivity contribution is 7.88. The molecule has 0 spiro atoms. The van der Waals surface area contributed by atoms with Crippen molar-refractivity contribution in [1.82, 2.24) is 4.31 Å². The van der Waals surface area contributed by atoms with Crippen molar-refractivity contribution in [2.75, 3.05) is 18.6 Å². The number of nitrogens with zero attached hydrogens (tertiary/aromatic N) is 1. The van der Waals surface area contributed by atoms with Gasteiger partial charge in [-0.1, -0.05) is 0 Å². The van der Waals surface area contributed by atoms with Gasteiger partial charge in [0.05, 0.1) is 12.3 Å². The van der Waals surface area contributed by atoms with Crippen molar-refractivity contribution in [3.63, 3.8) is 0 Å². The minimum absolute atomic E-state index is 0.143. The first kappa shape index (κ1) is 20.5. The van der Waals surface area contributed by atoms with Gasteiger partial charge in [0.25, 0.3) is 0 Å². The molecule has 0 fully saturated rings. The van der Waals surface area contributed by atoms with Crippen LogP contribution in [0.4, 0.5) is 18.9 Å². The number of alkyl halides is 3. The number of rotatable bonds is 3. The Kier molecular flexibility index (Phi) is 5.03. The van der Waals surface area contributed by atoms with E-state index in [1.54, 1.807) is 19.2 Å². The van der Waals surface area contributed by atoms with Crippen LogP contribution in [-0.2, 0) is 14.8 Å². The normalized spacial score (nSPS) is 22.5. The minimum Gasteiger partial charge on any atom is -0.485 e. The molecule has 1 aliphatic heterocycles. The van der Waals surface area contributed by atoms with Crippen LogP contribution in [0.15, 0.2) is 18.2 Å². The predicted molar refractivity (Wildman–Crippen MR) is 87.2 cm³/mol. The third-order valence-corrected chi connectivity index (χ3v) is 5.42. The van der Waals surface area contributed by atoms with E-state index in [-0.39, 0.29) is 17.0 Å². The summed E-state index contributed by atoms with van der Waals surface area (Å²) in [5.41, 5.74) is -1.20. The van der Waals surface area contributed by atoms with Gasteiger partial charge in [0.2, 0.25) is 10.0 Å². The van der Waals surface area contributed by atoms with E-state index < -0.39 is 39.9 Å². The van der Waals surface area contributed by atoms with Crippen LogP contribution < -0.4 is 10.1 Å². The van der Waals surface area contributed by atoms with E-state index in [2.05, 4.69) is 0 Å². The van der Waals surface area contributed by atoms with E-state index in [1.165, 1.54) is 19.2 Å². The number of sulfonamides is 1. The summed E-state index contributed by atoms with van der Waals surface area (Å²) in [6.07, 6.45) is -5.43. The smallest absolute Gasteiger partial charge is 0.471 e. The quantitative estimate of drug-likeness (QED) is 0.810. The SMILES string of the molecule is CN([C@H]1c2cc(NC(=O)C(F)(F)F)ccc2OC(C)(C)[C@@H]1O)S(C)(=O)=O. The zero-order chi connectivity index (χ0) is 20.1. The minimum atomic E-state index is -5.07. The number of aliphatic hydroxyl groups excluding tert-OH is 1. The van der Waals surface area contributed by atoms with E-state index >= 15 is 0 Å². The standard InChI is InChI=1S/C15H19F3N2O5S/c1-14(2)12(21)11(20(3)26(4,23)24)9-7-8(5-6-10(9)25-14)19-13(22)15(16,17)18/h5-7,11-12,21H,1-4H3,(H,19,22)/t11-,12+/m0/s1. The molecule has 7 nitrogen and oxygen atoms in total. The van der Waals surface area contributed by atoms with Crippen LogP contribution in [0.25, 0.3) is 0 Å². The maximum absolute atomic E-state index is 12.4. The van der Waals surface area contributed by atoms with E-state index in [9.17, 15) is 31.5 Å². The molecule has 26 heavy (non-hydrogen) atoms. The number of aliphatic hydroxyl groups is 1. The monoisotopic (exact) mass is 396 g/mol. The first-order chi connectivity index (χ1) is 11.6. The number of ether oxygens (including phenoxy) is 1. The summed E-state index contributed by atoms with van der Waals surface area (Å²) >= 11 is 0. The van der Waals surface area contributed by atoms with Crippen LogP contribution in [0.3, 0.4) is 0 Å². The molecule has 0 radical (unpaired) electrons. The number of nitrogens with one attached hydrogen (secondary N) is 1. The molecule has 0 aliphatic carbocycles. The van der Waals surface area contributed by atoms with Gasteiger partial charge in [0, 0.05) is 18.3 Å². The van der Waals surface area contributed by atoms with Crippen molar-refractivity contribution in [2.45, 2.75) is 37.8 Å². The van der Waals surface area contributed by atoms with Crippen LogP contribution in [-0.4, -0.2) is 54.9 Å². The summed E-state index contributed by atoms with van der Waals surface area (Å²) in [6.45, 7) is 3.12. The van der Waals surface area contributed by atoms with Gasteiger partial charge in [0.1, 0.15) is 17.5 Å². The summed E-state index contributed by atoms with van der Waals surface area (Å²) in [4.78, 5) is 11.1. The average Bonchev–Trinajstić information content (AvgIpc) is 2.46. The summed E-state index contributed by atoms with van der Waals surface area (Å²) in [6, 6.07) is 2.57. The van der Waals surface area contributed by atoms with E-state index in [1.807, 2.05) is 0 Å². The second-order valence-electron chi connectivity index (χ2n) is 6.58. The average molecular weight is 396 g/mol. The number of hydrogen-bond acceptors (Lipinski definition) is 5. The largest absolute Gasteiger partial charge is 0.485 e. The molecule has 2 rings (SSSR count). The van der Waals surface area contributed by atoms with Gasteiger partial charge in [-0.25, -0.2) is 8.42 Å². The molecule has 2 N–H and O–H groups in total. The van der Waals surface area contributed by atoms with Crippen LogP contribution in [0.2, 0.25) is 0 Å². The lowest BCUT2D eigenvalue weighted by atomic mass is 9.86. The molecule has 0 unspecified atom stereocenters. The molecule has 1 aromatic carbocycles. The molecule has 146 valence electrons. The fourth-order valence-electron chi connectivity index (χ4n) is 2.65. The number of fused-ring (bicyclic) bond motifs is 1. The topological polar surface area (TPSA) is 95.9 Å². The molecule has 1 heterocycles. The summed E-state index contributed by atoms with van der Waals surface area (Å²) < 4.78 is 67.8. The molecule has 0 aromatic heterocycles. The fraction of sp³-hybridized carbons (Fsp3) is 0.533. The molecule has 1 amide bonds.